The lowest BCUT2D eigenvalue weighted by Gasteiger charge is -2.07. The zero-order valence-electron chi connectivity index (χ0n) is 7.41. The van der Waals surface area contributed by atoms with Crippen molar-refractivity contribution in [3.63, 3.8) is 0 Å². The third-order valence-corrected chi connectivity index (χ3v) is 2.40. The molecule has 82 valence electrons. The molecule has 0 amide bonds. The van der Waals surface area contributed by atoms with E-state index in [-0.39, 0.29) is 3.70 Å². The summed E-state index contributed by atoms with van der Waals surface area (Å²) in [5, 5.41) is 10.6. The highest BCUT2D eigenvalue weighted by Gasteiger charge is 2.28. The van der Waals surface area contributed by atoms with Gasteiger partial charge >= 0.3 is 5.69 Å². The van der Waals surface area contributed by atoms with E-state index in [2.05, 4.69) is 9.72 Å². The first-order valence-electron chi connectivity index (χ1n) is 3.64. The first-order valence-corrected chi connectivity index (χ1v) is 4.71. The zero-order chi connectivity index (χ0) is 11.6. The highest BCUT2D eigenvalue weighted by Crippen LogP contribution is 2.38. The largest absolute Gasteiger partial charge is 0.490 e. The Morgan fingerprint density at radius 2 is 2.27 bits per heavy atom. The second kappa shape index (κ2) is 4.64. The Morgan fingerprint density at radius 1 is 1.67 bits per heavy atom. The van der Waals surface area contributed by atoms with Crippen molar-refractivity contribution in [1.82, 2.24) is 4.98 Å². The number of pyridine rings is 1. The van der Waals surface area contributed by atoms with E-state index in [9.17, 15) is 18.9 Å². The molecule has 0 unspecified atom stereocenters. The van der Waals surface area contributed by atoms with Gasteiger partial charge in [0, 0.05) is 6.20 Å². The van der Waals surface area contributed by atoms with Gasteiger partial charge in [0.05, 0.1) is 17.6 Å². The second-order valence-corrected chi connectivity index (χ2v) is 3.47. The van der Waals surface area contributed by atoms with Crippen molar-refractivity contribution in [1.29, 1.82) is 0 Å². The van der Waals surface area contributed by atoms with E-state index in [1.54, 1.807) is 22.6 Å². The van der Waals surface area contributed by atoms with Crippen LogP contribution in [0.1, 0.15) is 12.0 Å². The van der Waals surface area contributed by atoms with Crippen LogP contribution >= 0.6 is 22.6 Å². The highest BCUT2D eigenvalue weighted by atomic mass is 127. The van der Waals surface area contributed by atoms with Gasteiger partial charge in [0.15, 0.2) is 3.70 Å². The van der Waals surface area contributed by atoms with Crippen molar-refractivity contribution in [3.8, 4) is 5.75 Å². The Balaban J connectivity index is 3.47. The number of ether oxygens (including phenoxy) is 1. The molecule has 1 aromatic rings. The standard InChI is InChI=1S/C7H5F2IN2O3/c1-15-5-3(6(8)9)2-11-7(10)4(5)12(13)14/h2,6H,1H3. The van der Waals surface area contributed by atoms with E-state index >= 15 is 0 Å². The quantitative estimate of drug-likeness (QED) is 0.370. The van der Waals surface area contributed by atoms with Crippen molar-refractivity contribution >= 4 is 28.3 Å². The normalized spacial score (nSPS) is 10.5. The first-order chi connectivity index (χ1) is 6.99. The molecule has 0 saturated heterocycles. The molecular formula is C7H5F2IN2O3. The Hall–Kier alpha value is -1.06. The Labute approximate surface area is 96.7 Å². The number of nitro groups is 1. The van der Waals surface area contributed by atoms with Crippen molar-refractivity contribution < 1.29 is 18.4 Å². The minimum Gasteiger partial charge on any atom is -0.490 e. The van der Waals surface area contributed by atoms with E-state index in [4.69, 9.17) is 0 Å². The van der Waals surface area contributed by atoms with Gasteiger partial charge in [0.2, 0.25) is 5.75 Å². The monoisotopic (exact) mass is 330 g/mol. The molecule has 0 atom stereocenters. The average Bonchev–Trinajstić information content (AvgIpc) is 2.15. The smallest absolute Gasteiger partial charge is 0.342 e. The molecule has 1 rings (SSSR count). The number of rotatable bonds is 3. The molecule has 0 saturated carbocycles. The molecule has 5 nitrogen and oxygen atoms in total. The summed E-state index contributed by atoms with van der Waals surface area (Å²) in [6, 6.07) is 0. The van der Waals surface area contributed by atoms with Crippen LogP contribution in [0.15, 0.2) is 6.20 Å². The van der Waals surface area contributed by atoms with Gasteiger partial charge < -0.3 is 4.74 Å². The van der Waals surface area contributed by atoms with Gasteiger partial charge in [-0.25, -0.2) is 13.8 Å². The number of halogens is 3. The van der Waals surface area contributed by atoms with Crippen LogP contribution in [0, 0.1) is 13.8 Å². The van der Waals surface area contributed by atoms with Crippen molar-refractivity contribution in [2.24, 2.45) is 0 Å². The lowest BCUT2D eigenvalue weighted by molar-refractivity contribution is -0.387. The zero-order valence-corrected chi connectivity index (χ0v) is 9.57. The summed E-state index contributed by atoms with van der Waals surface area (Å²) in [6.07, 6.45) is -1.98. The minimum atomic E-state index is -2.86. The van der Waals surface area contributed by atoms with Crippen LogP contribution in [0.3, 0.4) is 0 Å². The van der Waals surface area contributed by atoms with Crippen LogP contribution in [0.2, 0.25) is 0 Å². The molecule has 0 aliphatic carbocycles. The van der Waals surface area contributed by atoms with Crippen LogP contribution in [0.4, 0.5) is 14.5 Å². The molecule has 0 aliphatic heterocycles. The third-order valence-electron chi connectivity index (χ3n) is 1.61. The van der Waals surface area contributed by atoms with E-state index in [1.165, 1.54) is 0 Å². The lowest BCUT2D eigenvalue weighted by Crippen LogP contribution is -2.02. The summed E-state index contributed by atoms with van der Waals surface area (Å²) >= 11 is 1.59. The fourth-order valence-electron chi connectivity index (χ4n) is 1.00. The van der Waals surface area contributed by atoms with Crippen molar-refractivity contribution in [2.45, 2.75) is 6.43 Å². The molecule has 1 heterocycles. The summed E-state index contributed by atoms with van der Waals surface area (Å²) in [6.45, 7) is 0. The molecular weight excluding hydrogens is 325 g/mol. The predicted octanol–water partition coefficient (Wildman–Crippen LogP) is 2.54. The molecule has 8 heteroatoms. The maximum atomic E-state index is 12.4. The topological polar surface area (TPSA) is 65.3 Å². The molecule has 0 radical (unpaired) electrons. The number of alkyl halides is 2. The van der Waals surface area contributed by atoms with Gasteiger partial charge in [0.1, 0.15) is 0 Å². The summed E-state index contributed by atoms with van der Waals surface area (Å²) in [4.78, 5) is 13.3. The molecule has 15 heavy (non-hydrogen) atoms. The van der Waals surface area contributed by atoms with Gasteiger partial charge in [-0.05, 0) is 22.6 Å². The van der Waals surface area contributed by atoms with E-state index in [0.717, 1.165) is 13.3 Å². The Bertz CT molecular complexity index is 400. The molecule has 0 fully saturated rings. The van der Waals surface area contributed by atoms with Gasteiger partial charge in [-0.1, -0.05) is 0 Å². The average molecular weight is 330 g/mol. The number of nitrogens with zero attached hydrogens (tertiary/aromatic N) is 2. The van der Waals surface area contributed by atoms with E-state index < -0.39 is 28.3 Å². The maximum absolute atomic E-state index is 12.4. The summed E-state index contributed by atoms with van der Waals surface area (Å²) in [7, 11) is 1.10. The molecule has 0 spiro atoms. The molecule has 0 bridgehead atoms. The predicted molar refractivity (Wildman–Crippen MR) is 55.1 cm³/mol. The van der Waals surface area contributed by atoms with Gasteiger partial charge in [-0.2, -0.15) is 0 Å². The number of methoxy groups -OCH3 is 1. The van der Waals surface area contributed by atoms with Crippen LogP contribution in [-0.2, 0) is 0 Å². The van der Waals surface area contributed by atoms with Crippen LogP contribution in [0.5, 0.6) is 5.75 Å². The molecule has 1 aromatic heterocycles. The van der Waals surface area contributed by atoms with Crippen LogP contribution in [-0.4, -0.2) is 17.0 Å². The summed E-state index contributed by atoms with van der Waals surface area (Å²) < 4.78 is 29.5. The van der Waals surface area contributed by atoms with E-state index in [0.29, 0.717) is 0 Å². The van der Waals surface area contributed by atoms with Gasteiger partial charge in [-0.15, -0.1) is 0 Å². The second-order valence-electron chi connectivity index (χ2n) is 2.44. The summed E-state index contributed by atoms with van der Waals surface area (Å²) in [5.74, 6) is -0.436. The highest BCUT2D eigenvalue weighted by molar-refractivity contribution is 14.1. The fraction of sp³-hybridized carbons (Fsp3) is 0.286. The minimum absolute atomic E-state index is 0.0128. The number of hydrogen-bond donors (Lipinski definition) is 0. The molecule has 0 aliphatic rings. The molecule has 0 N–H and O–H groups in total. The van der Waals surface area contributed by atoms with E-state index in [1.807, 2.05) is 0 Å². The van der Waals surface area contributed by atoms with Gasteiger partial charge in [-0.3, -0.25) is 10.1 Å². The Kier molecular flexibility index (Phi) is 3.72. The van der Waals surface area contributed by atoms with Crippen LogP contribution in [0.25, 0.3) is 0 Å². The fourth-order valence-corrected chi connectivity index (χ4v) is 1.59. The van der Waals surface area contributed by atoms with Gasteiger partial charge in [0.25, 0.3) is 6.43 Å². The van der Waals surface area contributed by atoms with Crippen molar-refractivity contribution in [2.75, 3.05) is 7.11 Å². The first kappa shape index (κ1) is 12.0. The Morgan fingerprint density at radius 3 is 2.67 bits per heavy atom. The number of aromatic nitrogens is 1. The van der Waals surface area contributed by atoms with Crippen LogP contribution < -0.4 is 4.74 Å². The van der Waals surface area contributed by atoms with Crippen molar-refractivity contribution in [3.05, 3.63) is 25.6 Å². The summed E-state index contributed by atoms with van der Waals surface area (Å²) in [5.41, 5.74) is -1.11. The lowest BCUT2D eigenvalue weighted by atomic mass is 10.2. The third kappa shape index (κ3) is 2.30. The maximum Gasteiger partial charge on any atom is 0.342 e. The molecule has 0 aromatic carbocycles. The number of hydrogen-bond acceptors (Lipinski definition) is 4. The SMILES string of the molecule is COc1c(C(F)F)cnc(I)c1[N+](=O)[O-].